The molecule has 3 nitrogen and oxygen atoms in total. The van der Waals surface area contributed by atoms with Gasteiger partial charge in [-0.15, -0.1) is 0 Å². The molecule has 0 bridgehead atoms. The van der Waals surface area contributed by atoms with Crippen LogP contribution in [0.2, 0.25) is 0 Å². The van der Waals surface area contributed by atoms with Gasteiger partial charge in [0.2, 0.25) is 0 Å². The van der Waals surface area contributed by atoms with Crippen LogP contribution in [0.1, 0.15) is 5.69 Å². The quantitative estimate of drug-likeness (QED) is 0.744. The second-order valence-electron chi connectivity index (χ2n) is 3.17. The predicted molar refractivity (Wildman–Crippen MR) is 52.6 cm³/mol. The van der Waals surface area contributed by atoms with Gasteiger partial charge >= 0.3 is 0 Å². The summed E-state index contributed by atoms with van der Waals surface area (Å²) in [6.45, 7) is 1.33. The Kier molecular flexibility index (Phi) is 2.13. The number of aryl methyl sites for hydroxylation is 1. The molecule has 0 aliphatic carbocycles. The van der Waals surface area contributed by atoms with Crippen molar-refractivity contribution in [3.05, 3.63) is 30.0 Å². The molecule has 1 aromatic heterocycles. The molecule has 74 valence electrons. The zero-order chi connectivity index (χ0) is 10.1. The van der Waals surface area contributed by atoms with Gasteiger partial charge < -0.3 is 9.40 Å². The van der Waals surface area contributed by atoms with Gasteiger partial charge in [-0.05, 0) is 25.1 Å². The van der Waals surface area contributed by atoms with Crippen LogP contribution < -0.4 is 10.7 Å². The first kappa shape index (κ1) is 9.02. The highest BCUT2D eigenvalue weighted by molar-refractivity contribution is 5.82. The molecule has 0 saturated carbocycles. The first-order chi connectivity index (χ1) is 6.76. The van der Waals surface area contributed by atoms with E-state index in [0.29, 0.717) is 5.75 Å². The van der Waals surface area contributed by atoms with Crippen LogP contribution in [0.25, 0.3) is 10.9 Å². The van der Waals surface area contributed by atoms with Crippen molar-refractivity contribution in [2.75, 3.05) is 0 Å². The number of halogens is 1. The van der Waals surface area contributed by atoms with Gasteiger partial charge in [0.05, 0.1) is 5.52 Å². The molecule has 0 saturated heterocycles. The van der Waals surface area contributed by atoms with Crippen molar-refractivity contribution in [2.45, 2.75) is 13.7 Å². The molecule has 2 N–H and O–H groups in total. The third-order valence-corrected chi connectivity index (χ3v) is 2.34. The van der Waals surface area contributed by atoms with Crippen LogP contribution >= 0.6 is 0 Å². The van der Waals surface area contributed by atoms with E-state index in [1.54, 1.807) is 16.7 Å². The summed E-state index contributed by atoms with van der Waals surface area (Å²) in [7, 11) is 0. The third-order valence-electron chi connectivity index (χ3n) is 2.34. The normalized spacial score (nSPS) is 10.8. The minimum atomic E-state index is -0.538. The maximum Gasteiger partial charge on any atom is 0.165 e. The number of benzene rings is 1. The maximum atomic E-state index is 12.7. The van der Waals surface area contributed by atoms with Crippen molar-refractivity contribution in [1.82, 2.24) is 4.57 Å². The lowest BCUT2D eigenvalue weighted by atomic mass is 10.2. The van der Waals surface area contributed by atoms with Crippen molar-refractivity contribution in [2.24, 2.45) is 5.90 Å². The Hall–Kier alpha value is -1.55. The highest BCUT2D eigenvalue weighted by atomic mass is 19.1. The SMILES string of the molecule is Cc1cc2ccc(ON)cc2n1CF. The van der Waals surface area contributed by atoms with E-state index in [-0.39, 0.29) is 0 Å². The molecule has 2 aromatic rings. The largest absolute Gasteiger partial charge is 0.411 e. The number of hydrogen-bond acceptors (Lipinski definition) is 2. The van der Waals surface area contributed by atoms with E-state index in [1.807, 2.05) is 19.1 Å². The fraction of sp³-hybridized carbons (Fsp3) is 0.200. The van der Waals surface area contributed by atoms with Crippen LogP contribution in [0, 0.1) is 6.92 Å². The van der Waals surface area contributed by atoms with Crippen molar-refractivity contribution in [3.63, 3.8) is 0 Å². The smallest absolute Gasteiger partial charge is 0.165 e. The van der Waals surface area contributed by atoms with Crippen LogP contribution in [0.4, 0.5) is 4.39 Å². The lowest BCUT2D eigenvalue weighted by Crippen LogP contribution is -2.02. The Bertz CT molecular complexity index is 464. The van der Waals surface area contributed by atoms with Crippen LogP contribution in [0.3, 0.4) is 0 Å². The Labute approximate surface area is 80.8 Å². The molecule has 0 aliphatic rings. The molecule has 0 fully saturated rings. The molecule has 0 aliphatic heterocycles. The van der Waals surface area contributed by atoms with Gasteiger partial charge in [0, 0.05) is 17.1 Å². The van der Waals surface area contributed by atoms with Crippen LogP contribution in [-0.2, 0) is 6.80 Å². The lowest BCUT2D eigenvalue weighted by molar-refractivity contribution is 0.334. The summed E-state index contributed by atoms with van der Waals surface area (Å²) < 4.78 is 14.2. The summed E-state index contributed by atoms with van der Waals surface area (Å²) in [5.74, 6) is 5.57. The second kappa shape index (κ2) is 3.31. The number of nitrogens with two attached hydrogens (primary N) is 1. The lowest BCUT2D eigenvalue weighted by Gasteiger charge is -2.02. The number of alkyl halides is 1. The van der Waals surface area contributed by atoms with Gasteiger partial charge in [-0.1, -0.05) is 0 Å². The molecule has 14 heavy (non-hydrogen) atoms. The fourth-order valence-corrected chi connectivity index (χ4v) is 1.60. The Morgan fingerprint density at radius 2 is 2.21 bits per heavy atom. The average Bonchev–Trinajstić information content (AvgIpc) is 2.52. The Morgan fingerprint density at radius 3 is 2.86 bits per heavy atom. The van der Waals surface area contributed by atoms with Crippen molar-refractivity contribution in [3.8, 4) is 5.75 Å². The second-order valence-corrected chi connectivity index (χ2v) is 3.17. The summed E-state index contributed by atoms with van der Waals surface area (Å²) in [5, 5.41) is 0.987. The maximum absolute atomic E-state index is 12.7. The number of rotatable bonds is 2. The van der Waals surface area contributed by atoms with E-state index in [2.05, 4.69) is 4.84 Å². The number of nitrogens with zero attached hydrogens (tertiary/aromatic N) is 1. The highest BCUT2D eigenvalue weighted by Gasteiger charge is 2.05. The number of fused-ring (bicyclic) bond motifs is 1. The summed E-state index contributed by atoms with van der Waals surface area (Å²) in [4.78, 5) is 4.60. The molecule has 0 amide bonds. The monoisotopic (exact) mass is 194 g/mol. The first-order valence-corrected chi connectivity index (χ1v) is 4.29. The topological polar surface area (TPSA) is 40.2 Å². The predicted octanol–water partition coefficient (Wildman–Crippen LogP) is 2.13. The van der Waals surface area contributed by atoms with Gasteiger partial charge in [0.25, 0.3) is 0 Å². The zero-order valence-corrected chi connectivity index (χ0v) is 7.83. The van der Waals surface area contributed by atoms with Crippen LogP contribution in [0.15, 0.2) is 24.3 Å². The van der Waals surface area contributed by atoms with E-state index >= 15 is 0 Å². The summed E-state index contributed by atoms with van der Waals surface area (Å²) in [5.41, 5.74) is 1.68. The van der Waals surface area contributed by atoms with Gasteiger partial charge in [0.1, 0.15) is 5.75 Å². The molecule has 0 radical (unpaired) electrons. The van der Waals surface area contributed by atoms with Crippen molar-refractivity contribution < 1.29 is 9.23 Å². The van der Waals surface area contributed by atoms with Gasteiger partial charge in [-0.3, -0.25) is 0 Å². The zero-order valence-electron chi connectivity index (χ0n) is 7.83. The number of aromatic nitrogens is 1. The minimum absolute atomic E-state index is 0.533. The first-order valence-electron chi connectivity index (χ1n) is 4.29. The van der Waals surface area contributed by atoms with Crippen molar-refractivity contribution >= 4 is 10.9 Å². The molecule has 0 spiro atoms. The molecule has 1 heterocycles. The summed E-state index contributed by atoms with van der Waals surface area (Å²) in [6.07, 6.45) is 0. The van der Waals surface area contributed by atoms with E-state index < -0.39 is 6.80 Å². The molecule has 2 rings (SSSR count). The van der Waals surface area contributed by atoms with Crippen LogP contribution in [-0.4, -0.2) is 4.57 Å². The van der Waals surface area contributed by atoms with E-state index in [9.17, 15) is 4.39 Å². The molecular weight excluding hydrogens is 183 g/mol. The van der Waals surface area contributed by atoms with E-state index in [4.69, 9.17) is 5.90 Å². The summed E-state index contributed by atoms with van der Waals surface area (Å²) >= 11 is 0. The standard InChI is InChI=1S/C10H11FN2O/c1-7-4-8-2-3-9(14-12)5-10(8)13(7)6-11/h2-5H,6,12H2,1H3. The van der Waals surface area contributed by atoms with Gasteiger partial charge in [0.15, 0.2) is 6.80 Å². The molecule has 0 atom stereocenters. The third kappa shape index (κ3) is 1.24. The molecule has 1 aromatic carbocycles. The van der Waals surface area contributed by atoms with E-state index in [1.165, 1.54) is 0 Å². The van der Waals surface area contributed by atoms with Crippen LogP contribution in [0.5, 0.6) is 5.75 Å². The minimum Gasteiger partial charge on any atom is -0.411 e. The summed E-state index contributed by atoms with van der Waals surface area (Å²) in [6, 6.07) is 7.26. The number of hydrogen-bond donors (Lipinski definition) is 1. The van der Waals surface area contributed by atoms with E-state index in [0.717, 1.165) is 16.6 Å². The Balaban J connectivity index is 2.71. The van der Waals surface area contributed by atoms with Gasteiger partial charge in [-0.2, -0.15) is 5.90 Å². The van der Waals surface area contributed by atoms with Gasteiger partial charge in [-0.25, -0.2) is 4.39 Å². The fourth-order valence-electron chi connectivity index (χ4n) is 1.60. The molecular formula is C10H11FN2O. The molecule has 4 heteroatoms. The van der Waals surface area contributed by atoms with Crippen molar-refractivity contribution in [1.29, 1.82) is 0 Å². The molecule has 0 unspecified atom stereocenters. The highest BCUT2D eigenvalue weighted by Crippen LogP contribution is 2.23. The Morgan fingerprint density at radius 1 is 1.43 bits per heavy atom. The average molecular weight is 194 g/mol.